The van der Waals surface area contributed by atoms with E-state index in [1.807, 2.05) is 0 Å². The van der Waals surface area contributed by atoms with E-state index >= 15 is 0 Å². The van der Waals surface area contributed by atoms with Gasteiger partial charge in [-0.05, 0) is 31.1 Å². The first-order chi connectivity index (χ1) is 9.63. The van der Waals surface area contributed by atoms with Crippen LogP contribution in [0, 0.1) is 0 Å². The molecule has 3 rings (SSSR count). The van der Waals surface area contributed by atoms with E-state index in [0.29, 0.717) is 5.49 Å². The summed E-state index contributed by atoms with van der Waals surface area (Å²) in [5, 5.41) is 10.6. The lowest BCUT2D eigenvalue weighted by atomic mass is 10.1. The van der Waals surface area contributed by atoms with Crippen LogP contribution in [0.15, 0.2) is 34.2 Å². The Labute approximate surface area is 116 Å². The quantitative estimate of drug-likeness (QED) is 0.454. The second-order valence-electron chi connectivity index (χ2n) is 5.01. The Morgan fingerprint density at radius 2 is 2.30 bits per heavy atom. The summed E-state index contributed by atoms with van der Waals surface area (Å²) < 4.78 is 0. The van der Waals surface area contributed by atoms with Crippen molar-refractivity contribution >= 4 is 5.82 Å². The molecular formula is C13H19N7. The normalized spacial score (nSPS) is 21.4. The molecule has 2 aliphatic heterocycles. The number of allylic oxidation sites excluding steroid dienone is 3. The van der Waals surface area contributed by atoms with Gasteiger partial charge in [0.25, 0.3) is 0 Å². The van der Waals surface area contributed by atoms with E-state index in [0.717, 1.165) is 24.3 Å². The summed E-state index contributed by atoms with van der Waals surface area (Å²) in [5.74, 6) is 0.815. The molecule has 7 heteroatoms. The SMILES string of the molecule is CC1=CC(C)=C(CNC2=c3nc[nH]c3=NC(N)N2)CN1. The third kappa shape index (κ3) is 2.39. The van der Waals surface area contributed by atoms with Crippen LogP contribution in [-0.4, -0.2) is 29.3 Å². The molecule has 1 aromatic rings. The monoisotopic (exact) mass is 273 g/mol. The fourth-order valence-electron chi connectivity index (χ4n) is 2.35. The molecule has 20 heavy (non-hydrogen) atoms. The van der Waals surface area contributed by atoms with Gasteiger partial charge >= 0.3 is 0 Å². The maximum atomic E-state index is 5.83. The molecule has 0 aliphatic carbocycles. The van der Waals surface area contributed by atoms with Crippen LogP contribution in [-0.2, 0) is 0 Å². The molecule has 7 nitrogen and oxygen atoms in total. The summed E-state index contributed by atoms with van der Waals surface area (Å²) in [6, 6.07) is 0. The zero-order chi connectivity index (χ0) is 14.1. The molecule has 6 N–H and O–H groups in total. The van der Waals surface area contributed by atoms with Crippen LogP contribution >= 0.6 is 0 Å². The van der Waals surface area contributed by atoms with Gasteiger partial charge in [0, 0.05) is 18.8 Å². The van der Waals surface area contributed by atoms with Crippen LogP contribution in [0.25, 0.3) is 5.82 Å². The van der Waals surface area contributed by atoms with E-state index in [9.17, 15) is 0 Å². The van der Waals surface area contributed by atoms with Crippen molar-refractivity contribution in [3.8, 4) is 0 Å². The van der Waals surface area contributed by atoms with Crippen molar-refractivity contribution in [3.05, 3.63) is 40.1 Å². The molecule has 0 fully saturated rings. The minimum absolute atomic E-state index is 0.452. The Hall–Kier alpha value is -2.28. The minimum atomic E-state index is -0.452. The Bertz CT molecular complexity index is 695. The van der Waals surface area contributed by atoms with E-state index in [1.54, 1.807) is 6.33 Å². The van der Waals surface area contributed by atoms with Crippen molar-refractivity contribution in [2.45, 2.75) is 20.1 Å². The fraction of sp³-hybridized carbons (Fsp3) is 0.385. The number of hydrogen-bond donors (Lipinski definition) is 5. The van der Waals surface area contributed by atoms with Crippen LogP contribution in [0.1, 0.15) is 13.8 Å². The van der Waals surface area contributed by atoms with E-state index in [1.165, 1.54) is 16.8 Å². The van der Waals surface area contributed by atoms with Gasteiger partial charge in [0.15, 0.2) is 11.8 Å². The standard InChI is InChI=1S/C13H19N7/c1-7-3-8(2)15-4-9(7)5-16-11-10-12(18-6-17-10)20-13(14)19-11/h3,6,13,15-16,19H,4-5,14H2,1-2H3,(H,17,18,20). The van der Waals surface area contributed by atoms with Gasteiger partial charge in [0.2, 0.25) is 0 Å². The lowest BCUT2D eigenvalue weighted by molar-refractivity contribution is 0.590. The van der Waals surface area contributed by atoms with Gasteiger partial charge in [0.1, 0.15) is 11.2 Å². The first-order valence-corrected chi connectivity index (χ1v) is 6.62. The second kappa shape index (κ2) is 5.01. The Balaban J connectivity index is 1.82. The molecule has 1 aromatic heterocycles. The number of hydrogen-bond acceptors (Lipinski definition) is 6. The Kier molecular flexibility index (Phi) is 3.19. The topological polar surface area (TPSA) is 103 Å². The molecule has 0 aromatic carbocycles. The zero-order valence-electron chi connectivity index (χ0n) is 11.6. The molecule has 1 unspecified atom stereocenters. The minimum Gasteiger partial charge on any atom is -0.385 e. The van der Waals surface area contributed by atoms with Crippen LogP contribution in [0.4, 0.5) is 0 Å². The number of dihydropyridines is 1. The summed E-state index contributed by atoms with van der Waals surface area (Å²) in [5.41, 5.74) is 10.4. The Morgan fingerprint density at radius 1 is 1.45 bits per heavy atom. The van der Waals surface area contributed by atoms with Crippen molar-refractivity contribution < 1.29 is 0 Å². The molecule has 0 amide bonds. The van der Waals surface area contributed by atoms with E-state index in [4.69, 9.17) is 5.73 Å². The van der Waals surface area contributed by atoms with E-state index in [2.05, 4.69) is 50.8 Å². The molecule has 2 aliphatic rings. The average molecular weight is 273 g/mol. The van der Waals surface area contributed by atoms with Crippen LogP contribution in [0.3, 0.4) is 0 Å². The van der Waals surface area contributed by atoms with Crippen LogP contribution < -0.4 is 32.5 Å². The summed E-state index contributed by atoms with van der Waals surface area (Å²) in [7, 11) is 0. The van der Waals surface area contributed by atoms with Gasteiger partial charge in [-0.2, -0.15) is 0 Å². The van der Waals surface area contributed by atoms with Gasteiger partial charge in [-0.1, -0.05) is 0 Å². The number of aromatic amines is 1. The summed E-state index contributed by atoms with van der Waals surface area (Å²) >= 11 is 0. The molecule has 3 heterocycles. The number of rotatable bonds is 3. The summed E-state index contributed by atoms with van der Waals surface area (Å²) in [6.45, 7) is 5.80. The number of nitrogens with zero attached hydrogens (tertiary/aromatic N) is 2. The molecule has 0 saturated carbocycles. The third-order valence-electron chi connectivity index (χ3n) is 3.47. The summed E-state index contributed by atoms with van der Waals surface area (Å²) in [6.07, 6.45) is 3.32. The first kappa shape index (κ1) is 12.7. The maximum absolute atomic E-state index is 5.83. The molecule has 0 spiro atoms. The second-order valence-corrected chi connectivity index (χ2v) is 5.01. The van der Waals surface area contributed by atoms with E-state index in [-0.39, 0.29) is 0 Å². The lowest BCUT2D eigenvalue weighted by Crippen LogP contribution is -2.51. The number of nitrogens with two attached hydrogens (primary N) is 1. The molecule has 0 radical (unpaired) electrons. The Morgan fingerprint density at radius 3 is 3.10 bits per heavy atom. The molecule has 1 atom stereocenters. The van der Waals surface area contributed by atoms with Gasteiger partial charge in [-0.25, -0.2) is 9.98 Å². The highest BCUT2D eigenvalue weighted by Gasteiger charge is 2.13. The van der Waals surface area contributed by atoms with Gasteiger partial charge in [0.05, 0.1) is 6.33 Å². The number of nitrogens with one attached hydrogen (secondary N) is 4. The summed E-state index contributed by atoms with van der Waals surface area (Å²) in [4.78, 5) is 11.5. The molecule has 0 bridgehead atoms. The first-order valence-electron chi connectivity index (χ1n) is 6.62. The smallest absolute Gasteiger partial charge is 0.174 e. The fourth-order valence-corrected chi connectivity index (χ4v) is 2.35. The van der Waals surface area contributed by atoms with Crippen molar-refractivity contribution in [2.24, 2.45) is 10.7 Å². The van der Waals surface area contributed by atoms with Crippen molar-refractivity contribution in [1.82, 2.24) is 25.9 Å². The highest BCUT2D eigenvalue weighted by molar-refractivity contribution is 5.41. The number of imidazole rings is 1. The predicted octanol–water partition coefficient (Wildman–Crippen LogP) is -1.65. The maximum Gasteiger partial charge on any atom is 0.174 e. The molecule has 106 valence electrons. The highest BCUT2D eigenvalue weighted by Crippen LogP contribution is 2.11. The third-order valence-corrected chi connectivity index (χ3v) is 3.47. The van der Waals surface area contributed by atoms with Crippen LogP contribution in [0.5, 0.6) is 0 Å². The predicted molar refractivity (Wildman–Crippen MR) is 76.4 cm³/mol. The van der Waals surface area contributed by atoms with Gasteiger partial charge < -0.3 is 20.9 Å². The zero-order valence-corrected chi connectivity index (χ0v) is 11.6. The average Bonchev–Trinajstić information content (AvgIpc) is 2.85. The van der Waals surface area contributed by atoms with Gasteiger partial charge in [-0.3, -0.25) is 5.73 Å². The van der Waals surface area contributed by atoms with Crippen molar-refractivity contribution in [3.63, 3.8) is 0 Å². The number of H-pyrrole nitrogens is 1. The molecular weight excluding hydrogens is 254 g/mol. The molecule has 0 saturated heterocycles. The van der Waals surface area contributed by atoms with E-state index < -0.39 is 6.29 Å². The highest BCUT2D eigenvalue weighted by atomic mass is 15.3. The largest absolute Gasteiger partial charge is 0.385 e. The van der Waals surface area contributed by atoms with Gasteiger partial charge in [-0.15, -0.1) is 0 Å². The van der Waals surface area contributed by atoms with Crippen LogP contribution in [0.2, 0.25) is 0 Å². The van der Waals surface area contributed by atoms with Crippen molar-refractivity contribution in [2.75, 3.05) is 13.1 Å². The van der Waals surface area contributed by atoms with Crippen molar-refractivity contribution in [1.29, 1.82) is 0 Å². The number of fused-ring (bicyclic) bond motifs is 1. The lowest BCUT2D eigenvalue weighted by Gasteiger charge is -2.22. The number of aromatic nitrogens is 2.